The first-order chi connectivity index (χ1) is 5.12. The van der Waals surface area contributed by atoms with Gasteiger partial charge in [0.1, 0.15) is 5.60 Å². The molecule has 0 saturated carbocycles. The van der Waals surface area contributed by atoms with E-state index in [0.29, 0.717) is 13.0 Å². The molecular formula is C6H9BO4. The molecule has 0 amide bonds. The van der Waals surface area contributed by atoms with E-state index in [1.807, 2.05) is 0 Å². The van der Waals surface area contributed by atoms with E-state index in [9.17, 15) is 5.11 Å². The average molecular weight is 156 g/mol. The van der Waals surface area contributed by atoms with Crippen LogP contribution in [0.25, 0.3) is 0 Å². The van der Waals surface area contributed by atoms with E-state index in [1.165, 1.54) is 0 Å². The van der Waals surface area contributed by atoms with Crippen LogP contribution in [0.1, 0.15) is 6.42 Å². The normalized spacial score (nSPS) is 29.4. The van der Waals surface area contributed by atoms with Crippen LogP contribution >= 0.6 is 0 Å². The van der Waals surface area contributed by atoms with Crippen molar-refractivity contribution in [2.75, 3.05) is 13.2 Å². The Labute approximate surface area is 64.9 Å². The Bertz CT molecular complexity index is 186. The van der Waals surface area contributed by atoms with E-state index in [4.69, 9.17) is 14.8 Å². The van der Waals surface area contributed by atoms with Crippen molar-refractivity contribution in [1.29, 1.82) is 0 Å². The summed E-state index contributed by atoms with van der Waals surface area (Å²) in [7, 11) is -1.68. The van der Waals surface area contributed by atoms with Gasteiger partial charge in [-0.05, 0) is 0 Å². The quantitative estimate of drug-likeness (QED) is 0.284. The molecule has 1 aliphatic rings. The molecule has 1 aliphatic heterocycles. The lowest BCUT2D eigenvalue weighted by Crippen LogP contribution is -2.27. The molecular weight excluding hydrogens is 147 g/mol. The Morgan fingerprint density at radius 3 is 2.64 bits per heavy atom. The van der Waals surface area contributed by atoms with Crippen molar-refractivity contribution in [2.45, 2.75) is 12.0 Å². The third kappa shape index (κ3) is 2.52. The summed E-state index contributed by atoms with van der Waals surface area (Å²) in [6.07, 6.45) is 0.423. The SMILES string of the molecule is OB(O)C#CC1(O)CCOC1. The molecule has 1 fully saturated rings. The largest absolute Gasteiger partial charge is 0.544 e. The van der Waals surface area contributed by atoms with E-state index in [2.05, 4.69) is 11.7 Å². The zero-order chi connectivity index (χ0) is 8.32. The molecule has 3 N–H and O–H groups in total. The van der Waals surface area contributed by atoms with Crippen molar-refractivity contribution in [3.63, 3.8) is 0 Å². The molecule has 0 aliphatic carbocycles. The van der Waals surface area contributed by atoms with Gasteiger partial charge in [-0.1, -0.05) is 11.7 Å². The van der Waals surface area contributed by atoms with Gasteiger partial charge in [0.2, 0.25) is 0 Å². The lowest BCUT2D eigenvalue weighted by Gasteiger charge is -2.10. The van der Waals surface area contributed by atoms with Gasteiger partial charge in [-0.2, -0.15) is 0 Å². The maximum absolute atomic E-state index is 9.42. The summed E-state index contributed by atoms with van der Waals surface area (Å²) in [6.45, 7) is 0.611. The van der Waals surface area contributed by atoms with E-state index in [1.54, 1.807) is 0 Å². The predicted octanol–water partition coefficient (Wildman–Crippen LogP) is -1.85. The molecule has 1 saturated heterocycles. The second-order valence-corrected chi connectivity index (χ2v) is 2.48. The van der Waals surface area contributed by atoms with E-state index in [-0.39, 0.29) is 6.61 Å². The van der Waals surface area contributed by atoms with Crippen LogP contribution in [0.3, 0.4) is 0 Å². The summed E-state index contributed by atoms with van der Waals surface area (Å²) in [4.78, 5) is 0. The molecule has 1 heterocycles. The summed E-state index contributed by atoms with van der Waals surface area (Å²) in [5, 5.41) is 26.1. The minimum atomic E-state index is -1.68. The van der Waals surface area contributed by atoms with Gasteiger partial charge < -0.3 is 19.9 Å². The fourth-order valence-electron chi connectivity index (χ4n) is 0.852. The Morgan fingerprint density at radius 1 is 1.45 bits per heavy atom. The number of rotatable bonds is 0. The van der Waals surface area contributed by atoms with Gasteiger partial charge in [0.15, 0.2) is 0 Å². The summed E-state index contributed by atoms with van der Waals surface area (Å²) < 4.78 is 4.88. The van der Waals surface area contributed by atoms with E-state index >= 15 is 0 Å². The first-order valence-electron chi connectivity index (χ1n) is 3.31. The van der Waals surface area contributed by atoms with Gasteiger partial charge >= 0.3 is 7.12 Å². The molecule has 4 nitrogen and oxygen atoms in total. The van der Waals surface area contributed by atoms with Crippen LogP contribution in [-0.2, 0) is 4.74 Å². The van der Waals surface area contributed by atoms with Crippen molar-refractivity contribution in [3.8, 4) is 11.7 Å². The van der Waals surface area contributed by atoms with Crippen molar-refractivity contribution in [2.24, 2.45) is 0 Å². The van der Waals surface area contributed by atoms with Crippen LogP contribution in [0.15, 0.2) is 0 Å². The molecule has 0 aromatic heterocycles. The highest BCUT2D eigenvalue weighted by atomic mass is 16.5. The highest BCUT2D eigenvalue weighted by Gasteiger charge is 2.29. The molecule has 1 unspecified atom stereocenters. The van der Waals surface area contributed by atoms with Gasteiger partial charge in [-0.25, -0.2) is 0 Å². The van der Waals surface area contributed by atoms with Crippen LogP contribution in [-0.4, -0.2) is 41.1 Å². The third-order valence-corrected chi connectivity index (χ3v) is 1.43. The van der Waals surface area contributed by atoms with Gasteiger partial charge in [0.05, 0.1) is 13.2 Å². The number of hydrogen-bond donors (Lipinski definition) is 3. The van der Waals surface area contributed by atoms with Crippen LogP contribution in [0, 0.1) is 11.7 Å². The van der Waals surface area contributed by atoms with Crippen LogP contribution in [0.4, 0.5) is 0 Å². The molecule has 0 bridgehead atoms. The zero-order valence-corrected chi connectivity index (χ0v) is 5.95. The minimum absolute atomic E-state index is 0.146. The lowest BCUT2D eigenvalue weighted by atomic mass is 9.91. The smallest absolute Gasteiger partial charge is 0.416 e. The Kier molecular flexibility index (Phi) is 2.52. The highest BCUT2D eigenvalue weighted by molar-refractivity contribution is 6.51. The molecule has 5 heteroatoms. The standard InChI is InChI=1S/C6H9BO4/c8-6(1-3-7(9)10)2-4-11-5-6/h8-10H,2,4-5H2. The first kappa shape index (κ1) is 8.56. The van der Waals surface area contributed by atoms with Gasteiger partial charge in [-0.15, -0.1) is 0 Å². The van der Waals surface area contributed by atoms with Gasteiger partial charge in [0.25, 0.3) is 0 Å². The molecule has 1 atom stereocenters. The molecule has 0 radical (unpaired) electrons. The fraction of sp³-hybridized carbons (Fsp3) is 0.667. The maximum Gasteiger partial charge on any atom is 0.544 e. The van der Waals surface area contributed by atoms with Crippen LogP contribution in [0.2, 0.25) is 0 Å². The molecule has 0 aromatic carbocycles. The van der Waals surface area contributed by atoms with Crippen molar-refractivity contribution in [3.05, 3.63) is 0 Å². The molecule has 60 valence electrons. The maximum atomic E-state index is 9.42. The van der Waals surface area contributed by atoms with Crippen molar-refractivity contribution in [1.82, 2.24) is 0 Å². The molecule has 0 spiro atoms. The topological polar surface area (TPSA) is 69.9 Å². The average Bonchev–Trinajstić information content (AvgIpc) is 2.33. The number of aliphatic hydroxyl groups is 1. The second kappa shape index (κ2) is 3.24. The van der Waals surface area contributed by atoms with Gasteiger partial charge in [0, 0.05) is 6.42 Å². The summed E-state index contributed by atoms with van der Waals surface area (Å²) in [5.41, 5.74) is -1.18. The van der Waals surface area contributed by atoms with Crippen LogP contribution < -0.4 is 0 Å². The third-order valence-electron chi connectivity index (χ3n) is 1.43. The Morgan fingerprint density at radius 2 is 2.18 bits per heavy atom. The molecule has 11 heavy (non-hydrogen) atoms. The zero-order valence-electron chi connectivity index (χ0n) is 5.95. The fourth-order valence-corrected chi connectivity index (χ4v) is 0.852. The highest BCUT2D eigenvalue weighted by Crippen LogP contribution is 2.16. The Hall–Kier alpha value is -0.535. The minimum Gasteiger partial charge on any atom is -0.416 e. The number of hydrogen-bond acceptors (Lipinski definition) is 4. The van der Waals surface area contributed by atoms with Crippen LogP contribution in [0.5, 0.6) is 0 Å². The summed E-state index contributed by atoms with van der Waals surface area (Å²) >= 11 is 0. The lowest BCUT2D eigenvalue weighted by molar-refractivity contribution is 0.0765. The summed E-state index contributed by atoms with van der Waals surface area (Å²) in [6, 6.07) is 0. The monoisotopic (exact) mass is 156 g/mol. The number of ether oxygens (including phenoxy) is 1. The first-order valence-corrected chi connectivity index (χ1v) is 3.31. The Balaban J connectivity index is 2.54. The van der Waals surface area contributed by atoms with Gasteiger partial charge in [-0.3, -0.25) is 0 Å². The molecule has 0 aromatic rings. The molecule has 1 rings (SSSR count). The van der Waals surface area contributed by atoms with E-state index < -0.39 is 12.7 Å². The van der Waals surface area contributed by atoms with E-state index in [0.717, 1.165) is 0 Å². The van der Waals surface area contributed by atoms with Crippen molar-refractivity contribution >= 4 is 7.12 Å². The second-order valence-electron chi connectivity index (χ2n) is 2.48. The summed E-state index contributed by atoms with van der Waals surface area (Å²) in [5.74, 6) is 4.40. The van der Waals surface area contributed by atoms with Crippen molar-refractivity contribution < 1.29 is 19.9 Å². The predicted molar refractivity (Wildman–Crippen MR) is 38.4 cm³/mol.